The van der Waals surface area contributed by atoms with E-state index in [-0.39, 0.29) is 126 Å². The molecule has 0 unspecified atom stereocenters. The molecule has 18 heteroatoms. The van der Waals surface area contributed by atoms with Crippen LogP contribution in [0.4, 0.5) is 0 Å². The molecule has 0 aliphatic rings. The van der Waals surface area contributed by atoms with Crippen LogP contribution in [-0.2, 0) is 126 Å². The Labute approximate surface area is 831 Å². The minimum absolute atomic E-state index is 0. The van der Waals surface area contributed by atoms with Crippen LogP contribution in [0.25, 0.3) is 32.3 Å². The molecule has 0 N–H and O–H groups in total. The molecule has 0 bridgehead atoms. The second-order valence-electron chi connectivity index (χ2n) is 23.3. The summed E-state index contributed by atoms with van der Waals surface area (Å²) in [6, 6.07) is 64.2. The summed E-state index contributed by atoms with van der Waals surface area (Å²) in [5.41, 5.74) is 16.2. The predicted octanol–water partition coefficient (Wildman–Crippen LogP) is 29.1. The number of aryl methyl sites for hydroxylation is 12. The number of nitrogens with zero attached hydrogens (tertiary/aromatic N) is 12. The molecule has 0 atom stereocenters. The fraction of sp³-hybridized carbons (Fsp3) is 0.471. The van der Waals surface area contributed by atoms with Gasteiger partial charge in [0.2, 0.25) is 0 Å². The van der Waals surface area contributed by atoms with Crippen molar-refractivity contribution in [2.75, 3.05) is 84.6 Å². The van der Waals surface area contributed by atoms with Gasteiger partial charge in [-0.05, 0) is 149 Å². The van der Waals surface area contributed by atoms with Gasteiger partial charge in [0.15, 0.2) is 0 Å². The second-order valence-corrected chi connectivity index (χ2v) is 23.3. The largest absolute Gasteiger partial charge is 0.403 e. The summed E-state index contributed by atoms with van der Waals surface area (Å²) in [5, 5.41) is 40.6. The zero-order chi connectivity index (χ0) is 91.6. The summed E-state index contributed by atoms with van der Waals surface area (Å²) in [6.07, 6.45) is 15.7. The number of hydrogen-bond acceptors (Lipinski definition) is 12. The minimum atomic E-state index is 0. The van der Waals surface area contributed by atoms with E-state index < -0.39 is 0 Å². The number of rotatable bonds is 6. The van der Waals surface area contributed by atoms with Gasteiger partial charge in [-0.15, -0.1) is 0 Å². The molecule has 0 fully saturated rings. The predicted molar refractivity (Wildman–Crippen MR) is 531 cm³/mol. The Morgan fingerprint density at radius 3 is 0.467 bits per heavy atom. The molecular weight excluding hydrogens is 2500 g/mol. The number of hydrogen-bond donors (Lipinski definition) is 0. The average Bonchev–Trinajstić information content (AvgIpc) is 0.831. The Morgan fingerprint density at radius 2 is 0.333 bits per heavy atom. The van der Waals surface area contributed by atoms with E-state index >= 15 is 0 Å². The van der Waals surface area contributed by atoms with Gasteiger partial charge in [-0.1, -0.05) is 340 Å². The van der Waals surface area contributed by atoms with E-state index in [1.807, 2.05) is 209 Å². The Morgan fingerprint density at radius 1 is 0.175 bits per heavy atom. The Hall–Kier alpha value is -5.29. The van der Waals surface area contributed by atoms with Crippen molar-refractivity contribution in [1.29, 1.82) is 0 Å². The first kappa shape index (κ1) is 159. The quantitative estimate of drug-likeness (QED) is 0.0935. The van der Waals surface area contributed by atoms with Crippen LogP contribution in [-0.4, -0.2) is 152 Å². The summed E-state index contributed by atoms with van der Waals surface area (Å²) in [4.78, 5) is 0. The van der Waals surface area contributed by atoms with Crippen LogP contribution in [0.1, 0.15) is 233 Å². The van der Waals surface area contributed by atoms with Crippen LogP contribution in [0.3, 0.4) is 0 Å². The number of hydrazone groups is 6. The summed E-state index contributed by atoms with van der Waals surface area (Å²) in [6.45, 7) is 72.1. The van der Waals surface area contributed by atoms with Crippen molar-refractivity contribution >= 4 is 69.6 Å². The maximum atomic E-state index is 3.71. The molecule has 0 aliphatic heterocycles. The average molecular weight is 2670 g/mol. The standard InChI is InChI=1S/3C12H12.3C8H10.6C4H9N2.9C2H6.6W/c1-9-3-5-12-8-10(2)4-6-11(12)7-9;2*1-9-7-8-10(2)12-6-4-3-5-11(9)12;1-7-3-5-8(2)6-4-7;1-7-4-3-5-8(2)6-7;1-7-5-3-4-6-8(7)2;6*1-4-5-6(2)3;9*1-2;;;;;;/h3*3-8H,1-2H3;3*3-6H,1-2H3;6*1-3H3;9*1-2H3;;;;;;/q;;;;;;6*-1;;;;;;;;;;;;;;;. The topological polar surface area (TPSA) is 93.6 Å². The van der Waals surface area contributed by atoms with Crippen molar-refractivity contribution < 1.29 is 126 Å². The van der Waals surface area contributed by atoms with Crippen molar-refractivity contribution in [3.05, 3.63) is 249 Å². The van der Waals surface area contributed by atoms with Crippen molar-refractivity contribution in [3.63, 3.8) is 0 Å². The number of fused-ring (bicyclic) bond motifs is 3. The SMILES string of the molecule is CC.CC.CC.CC.CC.CC.CC.CC.CC.C[C-]=NN(C)C.C[C-]=NN(C)C.C[C-]=NN(C)C.C[C-]=NN(C)C.C[C-]=NN(C)C.C[C-]=NN(C)C.Cc1ccc(C)c2ccccc12.Cc1ccc(C)c2ccccc12.Cc1ccc(C)cc1.Cc1ccc2cc(C)ccc2c1.Cc1cccc(C)c1.Cc1ccccc1C.[W].[W].[W].[W].[W].[W]. The fourth-order valence-corrected chi connectivity index (χ4v) is 7.99. The van der Waals surface area contributed by atoms with E-state index in [4.69, 9.17) is 0 Å². The third kappa shape index (κ3) is 109. The summed E-state index contributed by atoms with van der Waals surface area (Å²) in [5.74, 6) is 0. The van der Waals surface area contributed by atoms with Gasteiger partial charge < -0.3 is 97.9 Å². The fourth-order valence-electron chi connectivity index (χ4n) is 7.99. The van der Waals surface area contributed by atoms with E-state index in [2.05, 4.69) is 333 Å². The van der Waals surface area contributed by atoms with Crippen molar-refractivity contribution in [1.82, 2.24) is 30.1 Å². The molecule has 0 spiro atoms. The molecule has 9 aromatic rings. The van der Waals surface area contributed by atoms with Gasteiger partial charge >= 0.3 is 0 Å². The number of benzene rings is 9. The minimum Gasteiger partial charge on any atom is -0.403 e. The molecule has 0 heterocycles. The third-order valence-corrected chi connectivity index (χ3v) is 12.5. The second kappa shape index (κ2) is 122. The van der Waals surface area contributed by atoms with Gasteiger partial charge in [0.1, 0.15) is 0 Å². The molecule has 0 radical (unpaired) electrons. The van der Waals surface area contributed by atoms with E-state index in [1.54, 1.807) is 71.6 Å². The van der Waals surface area contributed by atoms with E-state index in [0.29, 0.717) is 0 Å². The Kier molecular flexibility index (Phi) is 162. The normalized spacial score (nSPS) is 8.40. The van der Waals surface area contributed by atoms with E-state index in [0.717, 1.165) is 0 Å². The first-order valence-corrected chi connectivity index (χ1v) is 41.1. The van der Waals surface area contributed by atoms with E-state index in [9.17, 15) is 0 Å². The van der Waals surface area contributed by atoms with Gasteiger partial charge in [0.25, 0.3) is 0 Å². The maximum Gasteiger partial charge on any atom is 0.0212 e. The first-order chi connectivity index (χ1) is 54.3. The summed E-state index contributed by atoms with van der Waals surface area (Å²) in [7, 11) is 22.3. The van der Waals surface area contributed by atoms with Crippen LogP contribution in [0.5, 0.6) is 0 Å². The van der Waals surface area contributed by atoms with Crippen LogP contribution in [0, 0.1) is 83.1 Å². The van der Waals surface area contributed by atoms with Gasteiger partial charge in [0.05, 0.1) is 0 Å². The molecule has 9 rings (SSSR count). The zero-order valence-electron chi connectivity index (χ0n) is 85.1. The molecule has 12 nitrogen and oxygen atoms in total. The van der Waals surface area contributed by atoms with Crippen molar-refractivity contribution in [2.24, 2.45) is 30.6 Å². The van der Waals surface area contributed by atoms with E-state index in [1.165, 1.54) is 99.1 Å². The molecule has 9 aromatic carbocycles. The summed E-state index contributed by atoms with van der Waals surface area (Å²) < 4.78 is 0. The van der Waals surface area contributed by atoms with Gasteiger partial charge in [-0.25, -0.2) is 0 Å². The first-order valence-electron chi connectivity index (χ1n) is 41.1. The molecule has 684 valence electrons. The molecule has 0 saturated heterocycles. The third-order valence-electron chi connectivity index (χ3n) is 12.5. The van der Waals surface area contributed by atoms with Gasteiger partial charge in [-0.3, -0.25) is 0 Å². The monoisotopic (exact) mass is 2670 g/mol. The molecular formula is C102H174N12W6-6. The van der Waals surface area contributed by atoms with Crippen molar-refractivity contribution in [3.8, 4) is 0 Å². The molecule has 0 amide bonds. The molecule has 0 aromatic heterocycles. The smallest absolute Gasteiger partial charge is 0.0212 e. The maximum absolute atomic E-state index is 3.71. The Bertz CT molecular complexity index is 3260. The van der Waals surface area contributed by atoms with Crippen LogP contribution >= 0.6 is 0 Å². The van der Waals surface area contributed by atoms with Crippen LogP contribution in [0.15, 0.2) is 213 Å². The zero-order valence-corrected chi connectivity index (χ0v) is 103. The van der Waals surface area contributed by atoms with Crippen LogP contribution in [0.2, 0.25) is 0 Å². The van der Waals surface area contributed by atoms with Gasteiger partial charge in [-0.2, -0.15) is 41.5 Å². The molecule has 0 saturated carbocycles. The molecule has 120 heavy (non-hydrogen) atoms. The Balaban J connectivity index is -0.0000000583. The van der Waals surface area contributed by atoms with Crippen molar-refractivity contribution in [2.45, 2.75) is 249 Å². The van der Waals surface area contributed by atoms with Crippen LogP contribution < -0.4 is 0 Å². The molecule has 0 aliphatic carbocycles. The van der Waals surface area contributed by atoms with Gasteiger partial charge in [0, 0.05) is 211 Å². The summed E-state index contributed by atoms with van der Waals surface area (Å²) >= 11 is 0.